The molecule has 0 heterocycles. The molecule has 22 heavy (non-hydrogen) atoms. The van der Waals surface area contributed by atoms with Crippen LogP contribution in [0.3, 0.4) is 0 Å². The van der Waals surface area contributed by atoms with Gasteiger partial charge in [-0.05, 0) is 12.8 Å². The standard InChI is InChI=1S/C11H16F4O5S.Na.H/c12-10(13,11(14,15)21(17,18)19)6-7-20-9(16)8-4-2-1-3-5-8;;/h8H,1-7H2,(H,17,18,19);;/q;+1;-1. The van der Waals surface area contributed by atoms with E-state index >= 15 is 0 Å². The molecule has 0 unspecified atom stereocenters. The van der Waals surface area contributed by atoms with Crippen molar-refractivity contribution in [2.75, 3.05) is 6.61 Å². The van der Waals surface area contributed by atoms with E-state index in [2.05, 4.69) is 4.74 Å². The van der Waals surface area contributed by atoms with Crippen LogP contribution < -0.4 is 29.6 Å². The number of rotatable bonds is 6. The molecule has 1 fully saturated rings. The molecular weight excluding hydrogens is 343 g/mol. The fourth-order valence-electron chi connectivity index (χ4n) is 2.07. The second-order valence-corrected chi connectivity index (χ2v) is 6.41. The van der Waals surface area contributed by atoms with Gasteiger partial charge in [0, 0.05) is 0 Å². The van der Waals surface area contributed by atoms with E-state index in [-0.39, 0.29) is 31.0 Å². The molecule has 5 nitrogen and oxygen atoms in total. The Morgan fingerprint density at radius 2 is 1.68 bits per heavy atom. The molecule has 1 rings (SSSR count). The van der Waals surface area contributed by atoms with Crippen molar-refractivity contribution in [2.24, 2.45) is 5.92 Å². The summed E-state index contributed by atoms with van der Waals surface area (Å²) in [4.78, 5) is 11.5. The molecule has 0 spiro atoms. The Morgan fingerprint density at radius 3 is 2.14 bits per heavy atom. The van der Waals surface area contributed by atoms with E-state index < -0.39 is 46.2 Å². The van der Waals surface area contributed by atoms with Gasteiger partial charge in [0.05, 0.1) is 18.9 Å². The van der Waals surface area contributed by atoms with Gasteiger partial charge in [0.1, 0.15) is 0 Å². The monoisotopic (exact) mass is 360 g/mol. The van der Waals surface area contributed by atoms with Gasteiger partial charge in [0.2, 0.25) is 0 Å². The van der Waals surface area contributed by atoms with Gasteiger partial charge in [-0.1, -0.05) is 19.3 Å². The van der Waals surface area contributed by atoms with Crippen LogP contribution in [0.1, 0.15) is 40.0 Å². The van der Waals surface area contributed by atoms with Gasteiger partial charge in [-0.3, -0.25) is 9.35 Å². The average molecular weight is 360 g/mol. The maximum Gasteiger partial charge on any atom is 1.00 e. The van der Waals surface area contributed by atoms with Crippen molar-refractivity contribution < 1.29 is 71.0 Å². The molecule has 1 aliphatic rings. The molecular formula is C11H17F4NaO5S. The van der Waals surface area contributed by atoms with E-state index in [0.29, 0.717) is 12.8 Å². The number of carbonyl (C=O) groups excluding carboxylic acids is 1. The number of hydrogen-bond acceptors (Lipinski definition) is 4. The van der Waals surface area contributed by atoms with Crippen molar-refractivity contribution in [2.45, 2.75) is 49.7 Å². The molecule has 0 aromatic rings. The molecule has 0 radical (unpaired) electrons. The third-order valence-corrected chi connectivity index (χ3v) is 4.30. The normalized spacial score (nSPS) is 17.7. The summed E-state index contributed by atoms with van der Waals surface area (Å²) >= 11 is 0. The van der Waals surface area contributed by atoms with Crippen LogP contribution in [0, 0.1) is 5.92 Å². The van der Waals surface area contributed by atoms with Gasteiger partial charge in [0.25, 0.3) is 0 Å². The van der Waals surface area contributed by atoms with E-state index in [0.717, 1.165) is 19.3 Å². The molecule has 0 aromatic heterocycles. The molecule has 11 heteroatoms. The van der Waals surface area contributed by atoms with Gasteiger partial charge in [0.15, 0.2) is 0 Å². The maximum atomic E-state index is 13.1. The smallest absolute Gasteiger partial charge is 1.00 e. The van der Waals surface area contributed by atoms with Crippen molar-refractivity contribution >= 4 is 16.1 Å². The van der Waals surface area contributed by atoms with E-state index in [1.54, 1.807) is 0 Å². The Bertz CT molecular complexity index is 483. The average Bonchev–Trinajstić information content (AvgIpc) is 2.38. The second-order valence-electron chi connectivity index (χ2n) is 4.95. The summed E-state index contributed by atoms with van der Waals surface area (Å²) in [5.41, 5.74) is 0. The summed E-state index contributed by atoms with van der Waals surface area (Å²) < 4.78 is 85.1. The fourth-order valence-corrected chi connectivity index (χ4v) is 2.55. The quantitative estimate of drug-likeness (QED) is 0.305. The Morgan fingerprint density at radius 1 is 1.18 bits per heavy atom. The van der Waals surface area contributed by atoms with Crippen LogP contribution in [0.2, 0.25) is 0 Å². The van der Waals surface area contributed by atoms with Gasteiger partial charge in [-0.15, -0.1) is 0 Å². The molecule has 0 aliphatic heterocycles. The van der Waals surface area contributed by atoms with Crippen LogP contribution in [0.4, 0.5) is 17.6 Å². The first-order chi connectivity index (χ1) is 9.49. The Balaban J connectivity index is 0. The number of esters is 1. The number of halogens is 4. The molecule has 0 atom stereocenters. The fraction of sp³-hybridized carbons (Fsp3) is 0.909. The molecule has 0 saturated heterocycles. The number of ether oxygens (including phenoxy) is 1. The van der Waals surface area contributed by atoms with Crippen molar-refractivity contribution in [1.29, 1.82) is 0 Å². The van der Waals surface area contributed by atoms with Crippen molar-refractivity contribution in [3.63, 3.8) is 0 Å². The van der Waals surface area contributed by atoms with Gasteiger partial charge in [-0.25, -0.2) is 0 Å². The van der Waals surface area contributed by atoms with E-state index in [9.17, 15) is 30.8 Å². The van der Waals surface area contributed by atoms with Crippen LogP contribution in [0.15, 0.2) is 0 Å². The largest absolute Gasteiger partial charge is 1.00 e. The predicted molar refractivity (Wildman–Crippen MR) is 64.7 cm³/mol. The van der Waals surface area contributed by atoms with Crippen molar-refractivity contribution in [3.8, 4) is 0 Å². The SMILES string of the molecule is O=C(OCCC(F)(F)C(F)(F)S(=O)(=O)O)C1CCCCC1.[H-].[Na+]. The van der Waals surface area contributed by atoms with Crippen LogP contribution >= 0.6 is 0 Å². The summed E-state index contributed by atoms with van der Waals surface area (Å²) in [5.74, 6) is -6.22. The molecule has 126 valence electrons. The number of alkyl halides is 4. The predicted octanol–water partition coefficient (Wildman–Crippen LogP) is -0.268. The van der Waals surface area contributed by atoms with Gasteiger partial charge in [-0.2, -0.15) is 26.0 Å². The minimum Gasteiger partial charge on any atom is -1.00 e. The van der Waals surface area contributed by atoms with Crippen LogP contribution in [-0.4, -0.2) is 36.7 Å². The van der Waals surface area contributed by atoms with Crippen molar-refractivity contribution in [1.82, 2.24) is 0 Å². The van der Waals surface area contributed by atoms with E-state index in [1.807, 2.05) is 0 Å². The minimum atomic E-state index is -6.26. The summed E-state index contributed by atoms with van der Waals surface area (Å²) in [6.07, 6.45) is 1.97. The van der Waals surface area contributed by atoms with Crippen LogP contribution in [0.5, 0.6) is 0 Å². The summed E-state index contributed by atoms with van der Waals surface area (Å²) in [6.45, 7) is -1.05. The number of hydrogen-bond donors (Lipinski definition) is 1. The maximum absolute atomic E-state index is 13.1. The molecule has 0 amide bonds. The first-order valence-corrected chi connectivity index (χ1v) is 7.82. The Hall–Kier alpha value is 0.1000. The van der Waals surface area contributed by atoms with E-state index in [4.69, 9.17) is 4.55 Å². The molecule has 1 saturated carbocycles. The van der Waals surface area contributed by atoms with Crippen LogP contribution in [0.25, 0.3) is 0 Å². The molecule has 1 aliphatic carbocycles. The minimum absolute atomic E-state index is 0. The van der Waals surface area contributed by atoms with Crippen molar-refractivity contribution in [3.05, 3.63) is 0 Å². The summed E-state index contributed by atoms with van der Waals surface area (Å²) in [6, 6.07) is 0. The molecule has 0 aromatic carbocycles. The summed E-state index contributed by atoms with van der Waals surface area (Å²) in [7, 11) is -6.26. The zero-order chi connectivity index (χ0) is 16.3. The third kappa shape index (κ3) is 5.33. The van der Waals surface area contributed by atoms with Gasteiger partial charge >= 0.3 is 56.8 Å². The Kier molecular flexibility index (Phi) is 8.31. The first-order valence-electron chi connectivity index (χ1n) is 6.38. The second kappa shape index (κ2) is 8.27. The zero-order valence-corrected chi connectivity index (χ0v) is 14.8. The Labute approximate surface area is 149 Å². The number of carbonyl (C=O) groups is 1. The third-order valence-electron chi connectivity index (χ3n) is 3.35. The summed E-state index contributed by atoms with van der Waals surface area (Å²) in [5, 5.41) is -5.63. The first kappa shape index (κ1) is 22.1. The molecule has 0 bridgehead atoms. The zero-order valence-electron chi connectivity index (χ0n) is 13.0. The van der Waals surface area contributed by atoms with Gasteiger partial charge < -0.3 is 6.16 Å². The van der Waals surface area contributed by atoms with Crippen LogP contribution in [-0.2, 0) is 19.6 Å². The van der Waals surface area contributed by atoms with E-state index in [1.165, 1.54) is 0 Å². The topological polar surface area (TPSA) is 80.7 Å². The molecule has 1 N–H and O–H groups in total.